The van der Waals surface area contributed by atoms with Crippen LogP contribution in [0.3, 0.4) is 0 Å². The van der Waals surface area contributed by atoms with Crippen molar-refractivity contribution in [3.63, 3.8) is 0 Å². The van der Waals surface area contributed by atoms with Gasteiger partial charge in [-0.15, -0.1) is 0 Å². The molecule has 3 rings (SSSR count). The van der Waals surface area contributed by atoms with Crippen molar-refractivity contribution in [1.82, 2.24) is 14.7 Å². The van der Waals surface area contributed by atoms with Crippen LogP contribution in [-0.2, 0) is 18.4 Å². The Morgan fingerprint density at radius 1 is 1.42 bits per heavy atom. The Morgan fingerprint density at radius 3 is 3.00 bits per heavy atom. The molecular weight excluding hydrogens is 309 g/mol. The standard InChI is InChI=1S/C18H24FN3O2/c1-21-10-15(9-20-21)18-7-4-8-22(18)11-16(23)13-24-12-14-5-2-3-6-17(14)19/h2-3,5-6,9-10,16,18,23H,4,7-8,11-13H2,1H3/t16-,18-/m1/s1. The minimum Gasteiger partial charge on any atom is -0.389 e. The molecule has 0 amide bonds. The number of nitrogens with zero attached hydrogens (tertiary/aromatic N) is 3. The largest absolute Gasteiger partial charge is 0.389 e. The molecule has 0 spiro atoms. The van der Waals surface area contributed by atoms with Crippen LogP contribution < -0.4 is 0 Å². The van der Waals surface area contributed by atoms with Crippen LogP contribution in [0.25, 0.3) is 0 Å². The minimum atomic E-state index is -0.589. The number of hydrogen-bond donors (Lipinski definition) is 1. The van der Waals surface area contributed by atoms with Gasteiger partial charge in [-0.05, 0) is 25.5 Å². The summed E-state index contributed by atoms with van der Waals surface area (Å²) >= 11 is 0. The minimum absolute atomic E-state index is 0.176. The molecule has 0 radical (unpaired) electrons. The third-order valence-corrected chi connectivity index (χ3v) is 4.44. The van der Waals surface area contributed by atoms with Crippen molar-refractivity contribution in [2.45, 2.75) is 31.6 Å². The highest BCUT2D eigenvalue weighted by molar-refractivity contribution is 5.16. The molecule has 6 heteroatoms. The molecule has 130 valence electrons. The van der Waals surface area contributed by atoms with Gasteiger partial charge in [0.1, 0.15) is 5.82 Å². The van der Waals surface area contributed by atoms with E-state index in [4.69, 9.17) is 4.74 Å². The Bertz CT molecular complexity index is 661. The maximum atomic E-state index is 13.5. The number of rotatable bonds is 7. The van der Waals surface area contributed by atoms with Gasteiger partial charge in [0.05, 0.1) is 25.5 Å². The molecule has 0 bridgehead atoms. The van der Waals surface area contributed by atoms with Crippen LogP contribution in [0.2, 0.25) is 0 Å². The first-order valence-electron chi connectivity index (χ1n) is 8.35. The summed E-state index contributed by atoms with van der Waals surface area (Å²) in [4.78, 5) is 2.27. The average Bonchev–Trinajstić information content (AvgIpc) is 3.18. The lowest BCUT2D eigenvalue weighted by molar-refractivity contribution is 0.00698. The molecule has 1 N–H and O–H groups in total. The Kier molecular flexibility index (Phi) is 5.60. The number of benzene rings is 1. The normalized spacial score (nSPS) is 19.7. The van der Waals surface area contributed by atoms with Gasteiger partial charge in [-0.25, -0.2) is 4.39 Å². The van der Waals surface area contributed by atoms with Crippen molar-refractivity contribution >= 4 is 0 Å². The molecule has 2 heterocycles. The number of aliphatic hydroxyl groups is 1. The fraction of sp³-hybridized carbons (Fsp3) is 0.500. The van der Waals surface area contributed by atoms with Crippen LogP contribution >= 0.6 is 0 Å². The molecule has 5 nitrogen and oxygen atoms in total. The van der Waals surface area contributed by atoms with Crippen LogP contribution in [0.1, 0.15) is 30.0 Å². The molecule has 1 aliphatic rings. The first-order valence-corrected chi connectivity index (χ1v) is 8.35. The summed E-state index contributed by atoms with van der Waals surface area (Å²) in [5, 5.41) is 14.5. The number of β-amino-alcohol motifs (C(OH)–C–C–N with tert-alkyl or cyclic N) is 1. The fourth-order valence-electron chi connectivity index (χ4n) is 3.28. The highest BCUT2D eigenvalue weighted by atomic mass is 19.1. The van der Waals surface area contributed by atoms with Gasteiger partial charge in [0.15, 0.2) is 0 Å². The lowest BCUT2D eigenvalue weighted by atomic mass is 10.1. The number of halogens is 1. The van der Waals surface area contributed by atoms with Gasteiger partial charge in [0, 0.05) is 37.0 Å². The van der Waals surface area contributed by atoms with Gasteiger partial charge >= 0.3 is 0 Å². The molecule has 1 aliphatic heterocycles. The third kappa shape index (κ3) is 4.20. The summed E-state index contributed by atoms with van der Waals surface area (Å²) in [7, 11) is 1.91. The average molecular weight is 333 g/mol. The van der Waals surface area contributed by atoms with E-state index in [0.717, 1.165) is 19.4 Å². The van der Waals surface area contributed by atoms with Crippen molar-refractivity contribution < 1.29 is 14.2 Å². The molecule has 24 heavy (non-hydrogen) atoms. The second-order valence-corrected chi connectivity index (χ2v) is 6.36. The Hall–Kier alpha value is -1.76. The summed E-state index contributed by atoms with van der Waals surface area (Å²) in [5.41, 5.74) is 1.70. The molecule has 1 fully saturated rings. The quantitative estimate of drug-likeness (QED) is 0.844. The number of ether oxygens (including phenoxy) is 1. The Labute approximate surface area is 141 Å². The van der Waals surface area contributed by atoms with Gasteiger partial charge in [0.2, 0.25) is 0 Å². The maximum Gasteiger partial charge on any atom is 0.128 e. The summed E-state index contributed by atoms with van der Waals surface area (Å²) in [6.07, 6.45) is 5.53. The van der Waals surface area contributed by atoms with E-state index in [9.17, 15) is 9.50 Å². The molecule has 1 aromatic heterocycles. The number of aromatic nitrogens is 2. The van der Waals surface area contributed by atoms with E-state index in [-0.39, 0.29) is 19.0 Å². The summed E-state index contributed by atoms with van der Waals surface area (Å²) in [5.74, 6) is -0.275. The lowest BCUT2D eigenvalue weighted by Crippen LogP contribution is -2.34. The van der Waals surface area contributed by atoms with E-state index in [1.165, 1.54) is 11.6 Å². The molecule has 0 aliphatic carbocycles. The SMILES string of the molecule is Cn1cc([C@H]2CCCN2C[C@@H](O)COCc2ccccc2F)cn1. The summed E-state index contributed by atoms with van der Waals surface area (Å²) in [6.45, 7) is 1.89. The van der Waals surface area contributed by atoms with Gasteiger partial charge in [-0.1, -0.05) is 18.2 Å². The number of hydrogen-bond acceptors (Lipinski definition) is 4. The molecule has 0 unspecified atom stereocenters. The van der Waals surface area contributed by atoms with Crippen molar-refractivity contribution in [3.05, 3.63) is 53.6 Å². The smallest absolute Gasteiger partial charge is 0.128 e. The number of likely N-dealkylation sites (tertiary alicyclic amines) is 1. The zero-order valence-electron chi connectivity index (χ0n) is 13.9. The van der Waals surface area contributed by atoms with Gasteiger partial charge in [-0.3, -0.25) is 9.58 Å². The maximum absolute atomic E-state index is 13.5. The summed E-state index contributed by atoms with van der Waals surface area (Å²) in [6, 6.07) is 6.85. The number of aliphatic hydroxyl groups excluding tert-OH is 1. The molecule has 0 saturated carbocycles. The highest BCUT2D eigenvalue weighted by Crippen LogP contribution is 2.31. The van der Waals surface area contributed by atoms with Gasteiger partial charge in [0.25, 0.3) is 0 Å². The zero-order chi connectivity index (χ0) is 16.9. The molecule has 2 aromatic rings. The van der Waals surface area contributed by atoms with Crippen molar-refractivity contribution in [2.24, 2.45) is 7.05 Å². The van der Waals surface area contributed by atoms with Crippen LogP contribution in [0.5, 0.6) is 0 Å². The van der Waals surface area contributed by atoms with Crippen LogP contribution in [0.15, 0.2) is 36.7 Å². The first kappa shape index (κ1) is 17.1. The van der Waals surface area contributed by atoms with Gasteiger partial charge < -0.3 is 9.84 Å². The predicted octanol–water partition coefficient (Wildman–Crippen LogP) is 2.27. The summed E-state index contributed by atoms with van der Waals surface area (Å²) < 4.78 is 20.8. The van der Waals surface area contributed by atoms with E-state index in [1.54, 1.807) is 22.9 Å². The predicted molar refractivity (Wildman–Crippen MR) is 88.8 cm³/mol. The monoisotopic (exact) mass is 333 g/mol. The number of aryl methyl sites for hydroxylation is 1. The van der Waals surface area contributed by atoms with Crippen molar-refractivity contribution in [1.29, 1.82) is 0 Å². The van der Waals surface area contributed by atoms with E-state index >= 15 is 0 Å². The Morgan fingerprint density at radius 2 is 2.25 bits per heavy atom. The van der Waals surface area contributed by atoms with Crippen LogP contribution in [0, 0.1) is 5.82 Å². The third-order valence-electron chi connectivity index (χ3n) is 4.44. The Balaban J connectivity index is 1.47. The van der Waals surface area contributed by atoms with Crippen molar-refractivity contribution in [2.75, 3.05) is 19.7 Å². The second kappa shape index (κ2) is 7.88. The lowest BCUT2D eigenvalue weighted by Gasteiger charge is -2.26. The van der Waals surface area contributed by atoms with E-state index < -0.39 is 6.10 Å². The molecule has 1 aromatic carbocycles. The zero-order valence-corrected chi connectivity index (χ0v) is 13.9. The second-order valence-electron chi connectivity index (χ2n) is 6.36. The van der Waals surface area contributed by atoms with Crippen LogP contribution in [0.4, 0.5) is 4.39 Å². The molecule has 2 atom stereocenters. The van der Waals surface area contributed by atoms with E-state index in [2.05, 4.69) is 10.00 Å². The van der Waals surface area contributed by atoms with Gasteiger partial charge in [-0.2, -0.15) is 5.10 Å². The van der Waals surface area contributed by atoms with Crippen molar-refractivity contribution in [3.8, 4) is 0 Å². The van der Waals surface area contributed by atoms with E-state index in [1.807, 2.05) is 19.4 Å². The molecular formula is C18H24FN3O2. The van der Waals surface area contributed by atoms with E-state index in [0.29, 0.717) is 18.2 Å². The fourth-order valence-corrected chi connectivity index (χ4v) is 3.28. The topological polar surface area (TPSA) is 50.5 Å². The highest BCUT2D eigenvalue weighted by Gasteiger charge is 2.28. The van der Waals surface area contributed by atoms with Crippen LogP contribution in [-0.4, -0.2) is 45.6 Å². The first-order chi connectivity index (χ1) is 11.6. The molecule has 1 saturated heterocycles.